The molecule has 2 atom stereocenters. The maximum Gasteiger partial charge on any atom is 0.252 e. The van der Waals surface area contributed by atoms with Crippen LogP contribution in [0, 0.1) is 0 Å². The van der Waals surface area contributed by atoms with Crippen molar-refractivity contribution in [2.24, 2.45) is 0 Å². The van der Waals surface area contributed by atoms with Gasteiger partial charge in [-0.25, -0.2) is 4.52 Å². The highest BCUT2D eigenvalue weighted by atomic mass is 16.5. The number of carbonyl (C=O) groups excluding carboxylic acids is 1. The second-order valence-corrected chi connectivity index (χ2v) is 7.65. The fraction of sp³-hybridized carbons (Fsp3) is 0.409. The van der Waals surface area contributed by atoms with Crippen LogP contribution >= 0.6 is 0 Å². The van der Waals surface area contributed by atoms with Gasteiger partial charge in [-0.1, -0.05) is 0 Å². The van der Waals surface area contributed by atoms with Crippen LogP contribution < -0.4 is 14.8 Å². The van der Waals surface area contributed by atoms with E-state index in [1.54, 1.807) is 23.9 Å². The van der Waals surface area contributed by atoms with E-state index in [2.05, 4.69) is 15.4 Å². The zero-order valence-corrected chi connectivity index (χ0v) is 17.6. The number of methoxy groups -OCH3 is 1. The minimum absolute atomic E-state index is 0.0113. The predicted octanol–water partition coefficient (Wildman–Crippen LogP) is 2.22. The number of carbonyl (C=O) groups is 1. The van der Waals surface area contributed by atoms with Crippen molar-refractivity contribution < 1.29 is 19.0 Å². The summed E-state index contributed by atoms with van der Waals surface area (Å²) >= 11 is 0. The second kappa shape index (κ2) is 8.07. The molecule has 4 heterocycles. The van der Waals surface area contributed by atoms with E-state index in [1.807, 2.05) is 36.2 Å². The molecular weight excluding hydrogens is 398 g/mol. The van der Waals surface area contributed by atoms with Gasteiger partial charge in [-0.05, 0) is 24.6 Å². The Morgan fingerprint density at radius 1 is 1.32 bits per heavy atom. The maximum atomic E-state index is 12.9. The van der Waals surface area contributed by atoms with Crippen molar-refractivity contribution in [1.82, 2.24) is 19.5 Å². The number of hydrogen-bond acceptors (Lipinski definition) is 7. The standard InChI is InChI=1S/C22H25N5O4/c1-3-30-19-11-16-13-31-20-4-6-27-21(25-20)18(12-24-27)14-8-15(10-17(9-14)29-2)23-5-7-26(16)22(19)28/h4,6,8-10,12,16,19,23H,3,5,7,11,13H2,1-2H3/t16-,19-/m0/s1. The highest BCUT2D eigenvalue weighted by Crippen LogP contribution is 2.32. The molecule has 3 aromatic rings. The minimum Gasteiger partial charge on any atom is -0.497 e. The summed E-state index contributed by atoms with van der Waals surface area (Å²) in [5.41, 5.74) is 3.42. The van der Waals surface area contributed by atoms with Gasteiger partial charge in [0.15, 0.2) is 5.65 Å². The summed E-state index contributed by atoms with van der Waals surface area (Å²) < 4.78 is 18.9. The SMILES string of the molecule is CCO[C@H]1C[C@H]2COc3ccn4ncc(c4n3)-c3cc(cc(OC)c3)NCCN2C1=O. The molecule has 0 saturated carbocycles. The molecule has 1 saturated heterocycles. The molecule has 1 N–H and O–H groups in total. The van der Waals surface area contributed by atoms with Gasteiger partial charge in [0.1, 0.15) is 18.5 Å². The Morgan fingerprint density at radius 3 is 3.06 bits per heavy atom. The third-order valence-corrected chi connectivity index (χ3v) is 5.76. The van der Waals surface area contributed by atoms with Crippen molar-refractivity contribution in [3.8, 4) is 22.8 Å². The Kier molecular flexibility index (Phi) is 5.11. The van der Waals surface area contributed by atoms with Crippen molar-refractivity contribution in [1.29, 1.82) is 0 Å². The maximum absolute atomic E-state index is 12.9. The molecular formula is C22H25N5O4. The summed E-state index contributed by atoms with van der Waals surface area (Å²) in [6, 6.07) is 7.64. The summed E-state index contributed by atoms with van der Waals surface area (Å²) in [7, 11) is 1.64. The summed E-state index contributed by atoms with van der Waals surface area (Å²) in [5.74, 6) is 1.24. The molecule has 9 nitrogen and oxygen atoms in total. The summed E-state index contributed by atoms with van der Waals surface area (Å²) in [6.07, 6.45) is 3.80. The number of rotatable bonds is 3. The van der Waals surface area contributed by atoms with Crippen molar-refractivity contribution in [3.05, 3.63) is 36.7 Å². The lowest BCUT2D eigenvalue weighted by atomic mass is 10.1. The first kappa shape index (κ1) is 19.6. The molecule has 0 aliphatic carbocycles. The molecule has 0 spiro atoms. The molecule has 1 fully saturated rings. The lowest BCUT2D eigenvalue weighted by Crippen LogP contribution is -2.41. The van der Waals surface area contributed by atoms with Gasteiger partial charge in [0.25, 0.3) is 5.91 Å². The van der Waals surface area contributed by atoms with Crippen LogP contribution in [0.3, 0.4) is 0 Å². The van der Waals surface area contributed by atoms with Crippen LogP contribution in [0.25, 0.3) is 16.8 Å². The van der Waals surface area contributed by atoms with E-state index < -0.39 is 6.10 Å². The van der Waals surface area contributed by atoms with Gasteiger partial charge in [-0.2, -0.15) is 10.1 Å². The summed E-state index contributed by atoms with van der Waals surface area (Å²) in [4.78, 5) is 19.4. The van der Waals surface area contributed by atoms with E-state index in [1.165, 1.54) is 0 Å². The molecule has 2 aliphatic heterocycles. The number of benzene rings is 1. The third-order valence-electron chi connectivity index (χ3n) is 5.76. The van der Waals surface area contributed by atoms with Crippen LogP contribution in [0.15, 0.2) is 36.7 Å². The van der Waals surface area contributed by atoms with Crippen LogP contribution in [0.4, 0.5) is 5.69 Å². The molecule has 31 heavy (non-hydrogen) atoms. The van der Waals surface area contributed by atoms with Gasteiger partial charge in [0.05, 0.1) is 19.3 Å². The van der Waals surface area contributed by atoms with Crippen molar-refractivity contribution in [3.63, 3.8) is 0 Å². The van der Waals surface area contributed by atoms with Gasteiger partial charge in [-0.3, -0.25) is 4.79 Å². The van der Waals surface area contributed by atoms with E-state index in [0.717, 1.165) is 22.6 Å². The van der Waals surface area contributed by atoms with Crippen LogP contribution in [0.1, 0.15) is 13.3 Å². The van der Waals surface area contributed by atoms with Gasteiger partial charge < -0.3 is 24.4 Å². The Hall–Kier alpha value is -3.33. The predicted molar refractivity (Wildman–Crippen MR) is 114 cm³/mol. The van der Waals surface area contributed by atoms with Crippen LogP contribution in [0.5, 0.6) is 11.6 Å². The zero-order chi connectivity index (χ0) is 21.4. The minimum atomic E-state index is -0.422. The molecule has 9 heteroatoms. The first-order chi connectivity index (χ1) is 15.2. The number of aromatic nitrogens is 3. The van der Waals surface area contributed by atoms with E-state index in [4.69, 9.17) is 14.2 Å². The van der Waals surface area contributed by atoms with Crippen molar-refractivity contribution in [2.75, 3.05) is 38.7 Å². The van der Waals surface area contributed by atoms with Gasteiger partial charge in [-0.15, -0.1) is 0 Å². The Bertz CT molecular complexity index is 1110. The molecule has 162 valence electrons. The first-order valence-corrected chi connectivity index (χ1v) is 10.5. The summed E-state index contributed by atoms with van der Waals surface area (Å²) in [5, 5.41) is 7.84. The van der Waals surface area contributed by atoms with Crippen molar-refractivity contribution >= 4 is 17.2 Å². The fourth-order valence-corrected chi connectivity index (χ4v) is 4.24. The lowest BCUT2D eigenvalue weighted by molar-refractivity contribution is -0.137. The monoisotopic (exact) mass is 423 g/mol. The van der Waals surface area contributed by atoms with E-state index in [0.29, 0.717) is 44.3 Å². The van der Waals surface area contributed by atoms with Gasteiger partial charge >= 0.3 is 0 Å². The quantitative estimate of drug-likeness (QED) is 0.691. The Morgan fingerprint density at radius 2 is 2.23 bits per heavy atom. The number of ether oxygens (including phenoxy) is 3. The molecule has 0 unspecified atom stereocenters. The van der Waals surface area contributed by atoms with Crippen LogP contribution in [-0.4, -0.2) is 71.0 Å². The normalized spacial score (nSPS) is 20.8. The Balaban J connectivity index is 1.55. The topological polar surface area (TPSA) is 90.2 Å². The number of hydrogen-bond donors (Lipinski definition) is 1. The largest absolute Gasteiger partial charge is 0.497 e. The van der Waals surface area contributed by atoms with Crippen LogP contribution in [0.2, 0.25) is 0 Å². The number of fused-ring (bicyclic) bond motifs is 5. The average molecular weight is 423 g/mol. The molecule has 2 aliphatic rings. The first-order valence-electron chi connectivity index (χ1n) is 10.5. The molecule has 4 bridgehead atoms. The van der Waals surface area contributed by atoms with Crippen LogP contribution in [-0.2, 0) is 9.53 Å². The highest BCUT2D eigenvalue weighted by Gasteiger charge is 2.40. The smallest absolute Gasteiger partial charge is 0.252 e. The van der Waals surface area contributed by atoms with Gasteiger partial charge in [0, 0.05) is 55.7 Å². The van der Waals surface area contributed by atoms with E-state index in [-0.39, 0.29) is 11.9 Å². The second-order valence-electron chi connectivity index (χ2n) is 7.65. The van der Waals surface area contributed by atoms with E-state index >= 15 is 0 Å². The third kappa shape index (κ3) is 3.65. The molecule has 2 aromatic heterocycles. The van der Waals surface area contributed by atoms with Gasteiger partial charge in [0.2, 0.25) is 5.88 Å². The summed E-state index contributed by atoms with van der Waals surface area (Å²) in [6.45, 7) is 3.92. The number of nitrogens with zero attached hydrogens (tertiary/aromatic N) is 4. The molecule has 5 rings (SSSR count). The average Bonchev–Trinajstić information content (AvgIpc) is 3.33. The van der Waals surface area contributed by atoms with E-state index in [9.17, 15) is 4.79 Å². The number of amides is 1. The fourth-order valence-electron chi connectivity index (χ4n) is 4.24. The number of anilines is 1. The molecule has 0 radical (unpaired) electrons. The Labute approximate surface area is 179 Å². The molecule has 1 aromatic carbocycles. The number of nitrogens with one attached hydrogen (secondary N) is 1. The van der Waals surface area contributed by atoms with Crippen molar-refractivity contribution in [2.45, 2.75) is 25.5 Å². The molecule has 1 amide bonds. The highest BCUT2D eigenvalue weighted by molar-refractivity contribution is 5.84. The lowest BCUT2D eigenvalue weighted by Gasteiger charge is -2.25. The zero-order valence-electron chi connectivity index (χ0n) is 17.6.